The molecule has 0 spiro atoms. The molecule has 2 rings (SSSR count). The molecule has 1 aromatic carbocycles. The zero-order chi connectivity index (χ0) is 13.5. The molecule has 102 valence electrons. The molecule has 1 heterocycles. The highest BCUT2D eigenvalue weighted by Gasteiger charge is 2.08. The summed E-state index contributed by atoms with van der Waals surface area (Å²) in [4.78, 5) is 5.52. The number of methoxy groups -OCH3 is 2. The van der Waals surface area contributed by atoms with Crippen LogP contribution in [0.5, 0.6) is 0 Å². The van der Waals surface area contributed by atoms with Gasteiger partial charge in [-0.05, 0) is 11.1 Å². The molecule has 19 heavy (non-hydrogen) atoms. The third kappa shape index (κ3) is 3.76. The van der Waals surface area contributed by atoms with Crippen LogP contribution in [0.3, 0.4) is 0 Å². The number of nitrogens with one attached hydrogen (secondary N) is 1. The first-order valence-corrected chi connectivity index (χ1v) is 6.92. The molecule has 0 unspecified atom stereocenters. The summed E-state index contributed by atoms with van der Waals surface area (Å²) in [6, 6.07) is 8.24. The number of hydrogen-bond donors (Lipinski definition) is 1. The van der Waals surface area contributed by atoms with Crippen LogP contribution in [0.4, 0.5) is 5.13 Å². The third-order valence-corrected chi connectivity index (χ3v) is 3.66. The summed E-state index contributed by atoms with van der Waals surface area (Å²) >= 11 is 1.64. The maximum atomic E-state index is 5.23. The number of thiazole rings is 1. The number of ether oxygens (including phenoxy) is 2. The van der Waals surface area contributed by atoms with Crippen molar-refractivity contribution < 1.29 is 9.47 Å². The molecule has 0 radical (unpaired) electrons. The molecule has 0 saturated heterocycles. The number of benzene rings is 1. The van der Waals surface area contributed by atoms with Crippen LogP contribution >= 0.6 is 11.3 Å². The van der Waals surface area contributed by atoms with Gasteiger partial charge in [-0.15, -0.1) is 0 Å². The first-order chi connectivity index (χ1) is 9.35. The van der Waals surface area contributed by atoms with E-state index in [2.05, 4.69) is 22.4 Å². The molecule has 0 bridgehead atoms. The van der Waals surface area contributed by atoms with Crippen LogP contribution in [-0.4, -0.2) is 32.4 Å². The molecule has 4 nitrogen and oxygen atoms in total. The van der Waals surface area contributed by atoms with Crippen molar-refractivity contribution in [3.63, 3.8) is 0 Å². The second-order valence-electron chi connectivity index (χ2n) is 4.04. The van der Waals surface area contributed by atoms with Gasteiger partial charge in [0.1, 0.15) is 0 Å². The maximum absolute atomic E-state index is 5.23. The van der Waals surface area contributed by atoms with Crippen molar-refractivity contribution >= 4 is 16.5 Å². The average molecular weight is 278 g/mol. The molecule has 0 amide bonds. The van der Waals surface area contributed by atoms with Gasteiger partial charge in [0.15, 0.2) is 5.13 Å². The van der Waals surface area contributed by atoms with Crippen LogP contribution in [-0.2, 0) is 16.1 Å². The molecular formula is C14H18N2O2S. The lowest BCUT2D eigenvalue weighted by Gasteiger charge is -2.05. The van der Waals surface area contributed by atoms with E-state index >= 15 is 0 Å². The summed E-state index contributed by atoms with van der Waals surface area (Å²) in [5.41, 5.74) is 2.36. The fourth-order valence-corrected chi connectivity index (χ4v) is 2.68. The number of rotatable bonds is 7. The number of hydrogen-bond acceptors (Lipinski definition) is 5. The molecule has 0 fully saturated rings. The lowest BCUT2D eigenvalue weighted by molar-refractivity contribution is 0.185. The Labute approximate surface area is 117 Å². The largest absolute Gasteiger partial charge is 0.383 e. The van der Waals surface area contributed by atoms with E-state index in [0.717, 1.165) is 16.6 Å². The Bertz CT molecular complexity index is 514. The van der Waals surface area contributed by atoms with Crippen LogP contribution in [0.1, 0.15) is 5.56 Å². The van der Waals surface area contributed by atoms with Gasteiger partial charge < -0.3 is 14.8 Å². The monoisotopic (exact) mass is 278 g/mol. The van der Waals surface area contributed by atoms with E-state index in [1.165, 1.54) is 11.1 Å². The Morgan fingerprint density at radius 3 is 2.84 bits per heavy atom. The van der Waals surface area contributed by atoms with Crippen LogP contribution in [0.15, 0.2) is 30.5 Å². The van der Waals surface area contributed by atoms with Gasteiger partial charge in [0.05, 0.1) is 18.1 Å². The van der Waals surface area contributed by atoms with E-state index in [1.54, 1.807) is 25.6 Å². The van der Waals surface area contributed by atoms with Crippen LogP contribution in [0.25, 0.3) is 10.4 Å². The van der Waals surface area contributed by atoms with E-state index in [4.69, 9.17) is 9.47 Å². The Hall–Kier alpha value is -1.43. The minimum Gasteiger partial charge on any atom is -0.383 e. The van der Waals surface area contributed by atoms with Crippen molar-refractivity contribution in [1.82, 2.24) is 4.98 Å². The van der Waals surface area contributed by atoms with Gasteiger partial charge in [0.2, 0.25) is 0 Å². The summed E-state index contributed by atoms with van der Waals surface area (Å²) in [6.45, 7) is 2.05. The van der Waals surface area contributed by atoms with Gasteiger partial charge in [0.25, 0.3) is 0 Å². The van der Waals surface area contributed by atoms with E-state index in [-0.39, 0.29) is 0 Å². The number of aromatic nitrogens is 1. The standard InChI is InChI=1S/C14H18N2O2S/c1-17-8-7-15-14-16-9-13(19-14)12-6-4-3-5-11(12)10-18-2/h3-6,9H,7-8,10H2,1-2H3,(H,15,16). The first-order valence-electron chi connectivity index (χ1n) is 6.11. The highest BCUT2D eigenvalue weighted by molar-refractivity contribution is 7.18. The molecule has 1 N–H and O–H groups in total. The van der Waals surface area contributed by atoms with Crippen molar-refractivity contribution in [3.05, 3.63) is 36.0 Å². The van der Waals surface area contributed by atoms with Gasteiger partial charge in [0, 0.05) is 27.0 Å². The molecule has 0 aliphatic rings. The van der Waals surface area contributed by atoms with Crippen LogP contribution < -0.4 is 5.32 Å². The zero-order valence-electron chi connectivity index (χ0n) is 11.2. The lowest BCUT2D eigenvalue weighted by Crippen LogP contribution is -2.06. The van der Waals surface area contributed by atoms with Gasteiger partial charge >= 0.3 is 0 Å². The quantitative estimate of drug-likeness (QED) is 0.791. The van der Waals surface area contributed by atoms with Gasteiger partial charge in [-0.1, -0.05) is 35.6 Å². The van der Waals surface area contributed by atoms with Crippen molar-refractivity contribution in [2.75, 3.05) is 32.7 Å². The maximum Gasteiger partial charge on any atom is 0.183 e. The van der Waals surface area contributed by atoms with Crippen molar-refractivity contribution in [1.29, 1.82) is 0 Å². The van der Waals surface area contributed by atoms with E-state index in [1.807, 2.05) is 18.3 Å². The molecule has 0 aliphatic carbocycles. The predicted molar refractivity (Wildman–Crippen MR) is 78.6 cm³/mol. The molecule has 0 aliphatic heterocycles. The SMILES string of the molecule is COCCNc1ncc(-c2ccccc2COC)s1. The molecule has 5 heteroatoms. The molecule has 0 saturated carbocycles. The Balaban J connectivity index is 2.13. The topological polar surface area (TPSA) is 43.4 Å². The summed E-state index contributed by atoms with van der Waals surface area (Å²) < 4.78 is 10.2. The second-order valence-corrected chi connectivity index (χ2v) is 5.07. The second kappa shape index (κ2) is 7.23. The Morgan fingerprint density at radius 1 is 1.21 bits per heavy atom. The van der Waals surface area contributed by atoms with E-state index < -0.39 is 0 Å². The van der Waals surface area contributed by atoms with Crippen molar-refractivity contribution in [2.45, 2.75) is 6.61 Å². The average Bonchev–Trinajstić information content (AvgIpc) is 2.89. The van der Waals surface area contributed by atoms with Crippen LogP contribution in [0.2, 0.25) is 0 Å². The first kappa shape index (κ1) is 14.0. The summed E-state index contributed by atoms with van der Waals surface area (Å²) in [7, 11) is 3.40. The lowest BCUT2D eigenvalue weighted by atomic mass is 10.1. The normalized spacial score (nSPS) is 10.6. The van der Waals surface area contributed by atoms with Crippen molar-refractivity contribution in [2.24, 2.45) is 0 Å². The minimum absolute atomic E-state index is 0.612. The summed E-state index contributed by atoms with van der Waals surface area (Å²) in [6.07, 6.45) is 1.90. The molecule has 1 aromatic heterocycles. The molecular weight excluding hydrogens is 260 g/mol. The predicted octanol–water partition coefficient (Wildman–Crippen LogP) is 3.01. The third-order valence-electron chi connectivity index (χ3n) is 2.67. The zero-order valence-corrected chi connectivity index (χ0v) is 12.0. The molecule has 2 aromatic rings. The summed E-state index contributed by atoms with van der Waals surface area (Å²) in [5, 5.41) is 4.15. The number of nitrogens with zero attached hydrogens (tertiary/aromatic N) is 1. The van der Waals surface area contributed by atoms with Gasteiger partial charge in [-0.25, -0.2) is 4.98 Å². The highest BCUT2D eigenvalue weighted by Crippen LogP contribution is 2.31. The van der Waals surface area contributed by atoms with E-state index in [9.17, 15) is 0 Å². The Morgan fingerprint density at radius 2 is 2.05 bits per heavy atom. The fraction of sp³-hybridized carbons (Fsp3) is 0.357. The van der Waals surface area contributed by atoms with E-state index in [0.29, 0.717) is 13.2 Å². The number of anilines is 1. The fourth-order valence-electron chi connectivity index (χ4n) is 1.78. The summed E-state index contributed by atoms with van der Waals surface area (Å²) in [5.74, 6) is 0. The highest BCUT2D eigenvalue weighted by atomic mass is 32.1. The minimum atomic E-state index is 0.612. The van der Waals surface area contributed by atoms with Gasteiger partial charge in [-0.2, -0.15) is 0 Å². The smallest absolute Gasteiger partial charge is 0.183 e. The van der Waals surface area contributed by atoms with Crippen molar-refractivity contribution in [3.8, 4) is 10.4 Å². The van der Waals surface area contributed by atoms with Gasteiger partial charge in [-0.3, -0.25) is 0 Å². The molecule has 0 atom stereocenters. The Kier molecular flexibility index (Phi) is 5.32. The van der Waals surface area contributed by atoms with Crippen LogP contribution in [0, 0.1) is 0 Å².